The van der Waals surface area contributed by atoms with Gasteiger partial charge in [0.25, 0.3) is 5.91 Å². The molecular formula is C20H20F3N3O4S. The van der Waals surface area contributed by atoms with Crippen LogP contribution in [-0.2, 0) is 16.0 Å². The van der Waals surface area contributed by atoms with Crippen LogP contribution in [0.15, 0.2) is 47.8 Å². The van der Waals surface area contributed by atoms with Gasteiger partial charge in [-0.05, 0) is 31.5 Å². The summed E-state index contributed by atoms with van der Waals surface area (Å²) >= 11 is 0. The molecule has 31 heavy (non-hydrogen) atoms. The van der Waals surface area contributed by atoms with Gasteiger partial charge >= 0.3 is 6.18 Å². The number of halogens is 3. The van der Waals surface area contributed by atoms with Gasteiger partial charge in [0.2, 0.25) is 5.43 Å². The molecule has 1 aliphatic rings. The first-order valence-corrected chi connectivity index (χ1v) is 11.2. The van der Waals surface area contributed by atoms with Crippen molar-refractivity contribution in [3.63, 3.8) is 0 Å². The highest BCUT2D eigenvalue weighted by Gasteiger charge is 2.36. The summed E-state index contributed by atoms with van der Waals surface area (Å²) in [6.45, 7) is 5.04. The number of alkyl halides is 3. The molecule has 1 saturated heterocycles. The summed E-state index contributed by atoms with van der Waals surface area (Å²) in [5.41, 5.74) is -1.85. The van der Waals surface area contributed by atoms with E-state index in [0.29, 0.717) is 0 Å². The number of rotatable bonds is 5. The number of carbonyl (C=O) groups is 1. The molecular weight excluding hydrogens is 435 g/mol. The van der Waals surface area contributed by atoms with Gasteiger partial charge < -0.3 is 4.90 Å². The van der Waals surface area contributed by atoms with Crippen molar-refractivity contribution in [1.82, 2.24) is 14.7 Å². The largest absolute Gasteiger partial charge is 0.416 e. The average Bonchev–Trinajstić information content (AvgIpc) is 3.04. The monoisotopic (exact) mass is 455 g/mol. The van der Waals surface area contributed by atoms with E-state index in [1.54, 1.807) is 0 Å². The number of benzene rings is 1. The first kappa shape index (κ1) is 22.7. The molecule has 1 aliphatic heterocycles. The fraction of sp³-hybridized carbons (Fsp3) is 0.350. The molecule has 2 aromatic rings. The molecule has 1 unspecified atom stereocenters. The maximum atomic E-state index is 13.1. The van der Waals surface area contributed by atoms with Crippen molar-refractivity contribution >= 4 is 15.7 Å². The predicted octanol–water partition coefficient (Wildman–Crippen LogP) is 2.38. The minimum absolute atomic E-state index is 0.00241. The molecule has 0 spiro atoms. The van der Waals surface area contributed by atoms with Gasteiger partial charge in [-0.15, -0.1) is 6.58 Å². The number of aryl methyl sites for hydroxylation is 1. The van der Waals surface area contributed by atoms with Crippen LogP contribution in [0.3, 0.4) is 0 Å². The Balaban J connectivity index is 2.05. The molecule has 3 rings (SSSR count). The van der Waals surface area contributed by atoms with E-state index in [-0.39, 0.29) is 35.9 Å². The summed E-state index contributed by atoms with van der Waals surface area (Å²) in [6.07, 6.45) is -2.95. The summed E-state index contributed by atoms with van der Waals surface area (Å²) in [7, 11) is -3.30. The van der Waals surface area contributed by atoms with Crippen molar-refractivity contribution in [1.29, 1.82) is 0 Å². The molecule has 0 saturated carbocycles. The van der Waals surface area contributed by atoms with Gasteiger partial charge in [0.1, 0.15) is 0 Å². The van der Waals surface area contributed by atoms with Crippen LogP contribution >= 0.6 is 0 Å². The molecule has 0 N–H and O–H groups in total. The van der Waals surface area contributed by atoms with E-state index in [0.717, 1.165) is 22.9 Å². The van der Waals surface area contributed by atoms with Gasteiger partial charge in [-0.3, -0.25) is 9.59 Å². The zero-order valence-corrected chi connectivity index (χ0v) is 17.4. The molecule has 0 radical (unpaired) electrons. The number of amides is 1. The van der Waals surface area contributed by atoms with Gasteiger partial charge in [0.15, 0.2) is 15.5 Å². The molecule has 1 atom stereocenters. The standard InChI is InChI=1S/C20H20F3N3O4S/c1-3-8-25(16-7-9-31(29,30)12-16)19(28)18-17(27)10-13(2)26(24-18)15-6-4-5-14(11-15)20(21,22)23/h3-6,10-11,16H,1,7-9,12H2,2H3. The highest BCUT2D eigenvalue weighted by molar-refractivity contribution is 7.91. The second-order valence-corrected chi connectivity index (χ2v) is 9.49. The Kier molecular flexibility index (Phi) is 6.08. The molecule has 0 aliphatic carbocycles. The number of hydrogen-bond acceptors (Lipinski definition) is 5. The van der Waals surface area contributed by atoms with E-state index in [1.807, 2.05) is 0 Å². The maximum absolute atomic E-state index is 13.1. The van der Waals surface area contributed by atoms with Crippen molar-refractivity contribution in [3.05, 3.63) is 70.2 Å². The van der Waals surface area contributed by atoms with Crippen LogP contribution in [0, 0.1) is 6.92 Å². The first-order valence-electron chi connectivity index (χ1n) is 9.34. The minimum Gasteiger partial charge on any atom is -0.329 e. The number of sulfone groups is 1. The van der Waals surface area contributed by atoms with E-state index in [4.69, 9.17) is 0 Å². The van der Waals surface area contributed by atoms with Crippen LogP contribution in [-0.4, -0.2) is 53.1 Å². The number of hydrogen-bond donors (Lipinski definition) is 0. The fourth-order valence-corrected chi connectivity index (χ4v) is 5.20. The molecule has 0 bridgehead atoms. The molecule has 1 amide bonds. The van der Waals surface area contributed by atoms with Crippen molar-refractivity contribution < 1.29 is 26.4 Å². The number of carbonyl (C=O) groups excluding carboxylic acids is 1. The van der Waals surface area contributed by atoms with Crippen molar-refractivity contribution in [2.75, 3.05) is 18.1 Å². The van der Waals surface area contributed by atoms with E-state index in [1.165, 1.54) is 30.0 Å². The van der Waals surface area contributed by atoms with Gasteiger partial charge in [0, 0.05) is 24.3 Å². The third kappa shape index (κ3) is 4.87. The second kappa shape index (κ2) is 8.29. The Morgan fingerprint density at radius 1 is 1.35 bits per heavy atom. The Labute approximate surface area is 176 Å². The van der Waals surface area contributed by atoms with Crippen LogP contribution in [0.5, 0.6) is 0 Å². The molecule has 11 heteroatoms. The lowest BCUT2D eigenvalue weighted by molar-refractivity contribution is -0.137. The molecule has 1 fully saturated rings. The Morgan fingerprint density at radius 2 is 2.06 bits per heavy atom. The van der Waals surface area contributed by atoms with Crippen molar-refractivity contribution in [2.24, 2.45) is 0 Å². The highest BCUT2D eigenvalue weighted by atomic mass is 32.2. The predicted molar refractivity (Wildman–Crippen MR) is 108 cm³/mol. The van der Waals surface area contributed by atoms with Crippen LogP contribution in [0.1, 0.15) is 28.2 Å². The quantitative estimate of drug-likeness (QED) is 0.646. The van der Waals surface area contributed by atoms with E-state index >= 15 is 0 Å². The zero-order chi connectivity index (χ0) is 23.0. The van der Waals surface area contributed by atoms with Crippen LogP contribution in [0.2, 0.25) is 0 Å². The summed E-state index contributed by atoms with van der Waals surface area (Å²) in [5.74, 6) is -1.11. The van der Waals surface area contributed by atoms with Crippen LogP contribution in [0.25, 0.3) is 5.69 Å². The summed E-state index contributed by atoms with van der Waals surface area (Å²) in [5, 5.41) is 4.04. The number of aromatic nitrogens is 2. The highest BCUT2D eigenvalue weighted by Crippen LogP contribution is 2.30. The maximum Gasteiger partial charge on any atom is 0.416 e. The molecule has 7 nitrogen and oxygen atoms in total. The molecule has 2 heterocycles. The van der Waals surface area contributed by atoms with Crippen molar-refractivity contribution in [2.45, 2.75) is 25.6 Å². The molecule has 166 valence electrons. The minimum atomic E-state index is -4.57. The fourth-order valence-electron chi connectivity index (χ4n) is 3.46. The molecule has 1 aromatic heterocycles. The lowest BCUT2D eigenvalue weighted by Crippen LogP contribution is -2.43. The lowest BCUT2D eigenvalue weighted by atomic mass is 10.1. The van der Waals surface area contributed by atoms with E-state index < -0.39 is 44.6 Å². The van der Waals surface area contributed by atoms with Crippen LogP contribution in [0.4, 0.5) is 13.2 Å². The average molecular weight is 455 g/mol. The van der Waals surface area contributed by atoms with Gasteiger partial charge in [-0.2, -0.15) is 18.3 Å². The lowest BCUT2D eigenvalue weighted by Gasteiger charge is -2.26. The second-order valence-electron chi connectivity index (χ2n) is 7.26. The zero-order valence-electron chi connectivity index (χ0n) is 16.6. The third-order valence-corrected chi connectivity index (χ3v) is 6.71. The van der Waals surface area contributed by atoms with Crippen molar-refractivity contribution in [3.8, 4) is 5.69 Å². The summed E-state index contributed by atoms with van der Waals surface area (Å²) < 4.78 is 64.0. The number of nitrogens with zero attached hydrogens (tertiary/aromatic N) is 3. The Hall–Kier alpha value is -2.95. The topological polar surface area (TPSA) is 89.3 Å². The van der Waals surface area contributed by atoms with Gasteiger partial charge in [0.05, 0.1) is 22.8 Å². The van der Waals surface area contributed by atoms with E-state index in [2.05, 4.69) is 11.7 Å². The van der Waals surface area contributed by atoms with Crippen LogP contribution < -0.4 is 5.43 Å². The van der Waals surface area contributed by atoms with Gasteiger partial charge in [-0.25, -0.2) is 13.1 Å². The SMILES string of the molecule is C=CCN(C(=O)c1nn(-c2cccc(C(F)(F)F)c2)c(C)cc1=O)C1CCS(=O)(=O)C1. The summed E-state index contributed by atoms with van der Waals surface area (Å²) in [4.78, 5) is 26.8. The van der Waals surface area contributed by atoms with Gasteiger partial charge in [-0.1, -0.05) is 12.1 Å². The molecule has 1 aromatic carbocycles. The van der Waals surface area contributed by atoms with E-state index in [9.17, 15) is 31.2 Å². The normalized spacial score (nSPS) is 18.0. The third-order valence-electron chi connectivity index (χ3n) is 4.96. The Morgan fingerprint density at radius 3 is 2.65 bits per heavy atom. The smallest absolute Gasteiger partial charge is 0.329 e. The first-order chi connectivity index (χ1) is 14.4. The summed E-state index contributed by atoms with van der Waals surface area (Å²) in [6, 6.07) is 4.81. The Bertz CT molecular complexity index is 1190.